The topological polar surface area (TPSA) is 41.6 Å². The van der Waals surface area contributed by atoms with E-state index >= 15 is 0 Å². The molecule has 0 unspecified atom stereocenters. The summed E-state index contributed by atoms with van der Waals surface area (Å²) in [4.78, 5) is 12.8. The molecule has 0 heterocycles. The second-order valence-electron chi connectivity index (χ2n) is 5.40. The van der Waals surface area contributed by atoms with Crippen LogP contribution in [0.1, 0.15) is 5.56 Å². The van der Waals surface area contributed by atoms with Crippen LogP contribution in [0.15, 0.2) is 48.5 Å². The lowest BCUT2D eigenvalue weighted by Crippen LogP contribution is -2.37. The molecule has 0 aliphatic rings. The first-order valence-electron chi connectivity index (χ1n) is 7.63. The van der Waals surface area contributed by atoms with Gasteiger partial charge in [0.2, 0.25) is 0 Å². The number of carbonyl (C=O) groups is 1. The van der Waals surface area contributed by atoms with Crippen LogP contribution in [0.3, 0.4) is 0 Å². The molecular weight excluding hydrogens is 333 g/mol. The molecule has 0 aliphatic heterocycles. The summed E-state index contributed by atoms with van der Waals surface area (Å²) in [5.74, 6) is -1.28. The highest BCUT2D eigenvalue weighted by molar-refractivity contribution is 5.81. The van der Waals surface area contributed by atoms with Crippen molar-refractivity contribution in [1.29, 1.82) is 0 Å². The number of anilines is 2. The van der Waals surface area contributed by atoms with Crippen molar-refractivity contribution in [2.24, 2.45) is 0 Å². The molecule has 25 heavy (non-hydrogen) atoms. The van der Waals surface area contributed by atoms with E-state index in [0.29, 0.717) is 5.75 Å². The monoisotopic (exact) mass is 352 g/mol. The Bertz CT molecular complexity index is 718. The molecule has 1 N–H and O–H groups in total. The van der Waals surface area contributed by atoms with Crippen molar-refractivity contribution < 1.29 is 22.7 Å². The third-order valence-corrected chi connectivity index (χ3v) is 3.70. The number of halogens is 3. The van der Waals surface area contributed by atoms with Gasteiger partial charge in [-0.2, -0.15) is 13.2 Å². The van der Waals surface area contributed by atoms with Crippen molar-refractivity contribution in [3.05, 3.63) is 54.1 Å². The molecule has 0 aromatic heterocycles. The number of carbonyl (C=O) groups excluding carboxylic acids is 1. The average Bonchev–Trinajstić information content (AvgIpc) is 2.60. The fraction of sp³-hybridized carbons (Fsp3) is 0.278. The second-order valence-corrected chi connectivity index (χ2v) is 5.40. The van der Waals surface area contributed by atoms with Crippen molar-refractivity contribution in [2.75, 3.05) is 25.6 Å². The van der Waals surface area contributed by atoms with Crippen LogP contribution in [0, 0.1) is 0 Å². The van der Waals surface area contributed by atoms with Crippen LogP contribution in [0.25, 0.3) is 0 Å². The molecule has 7 heteroatoms. The van der Waals surface area contributed by atoms with Gasteiger partial charge in [0.25, 0.3) is 0 Å². The highest BCUT2D eigenvalue weighted by Crippen LogP contribution is 2.33. The number of hydrogen-bond donors (Lipinski definition) is 1. The molecule has 0 fully saturated rings. The molecule has 0 saturated carbocycles. The summed E-state index contributed by atoms with van der Waals surface area (Å²) in [6, 6.07) is 15.0. The number of ether oxygens (including phenoxy) is 1. The lowest BCUT2D eigenvalue weighted by atomic mass is 10.1. The Morgan fingerprint density at radius 3 is 2.44 bits per heavy atom. The molecule has 4 nitrogen and oxygen atoms in total. The maximum atomic E-state index is 12.2. The Kier molecular flexibility index (Phi) is 5.90. The molecule has 134 valence electrons. The van der Waals surface area contributed by atoms with Gasteiger partial charge < -0.3 is 15.0 Å². The van der Waals surface area contributed by atoms with Crippen LogP contribution >= 0.6 is 0 Å². The molecule has 0 bridgehead atoms. The summed E-state index contributed by atoms with van der Waals surface area (Å²) in [5, 5.41) is 1.87. The molecule has 1 amide bonds. The molecule has 2 aromatic carbocycles. The minimum absolute atomic E-state index is 0.0981. The molecule has 0 radical (unpaired) electrons. The molecule has 0 aliphatic carbocycles. The summed E-state index contributed by atoms with van der Waals surface area (Å²) < 4.78 is 42.0. The average molecular weight is 352 g/mol. The maximum Gasteiger partial charge on any atom is 0.471 e. The van der Waals surface area contributed by atoms with E-state index in [2.05, 4.69) is 0 Å². The van der Waals surface area contributed by atoms with Gasteiger partial charge >= 0.3 is 12.1 Å². The standard InChI is InChI=1S/C18H19F3N2O2/c1-23(14-6-4-3-5-7-14)15-12-13(8-9-16(15)25-2)10-11-22-17(24)18(19,20)21/h3-9,12H,10-11H2,1-2H3,(H,22,24). The third-order valence-electron chi connectivity index (χ3n) is 3.70. The number of nitrogens with zero attached hydrogens (tertiary/aromatic N) is 1. The molecule has 2 aromatic rings. The number of nitrogens with one attached hydrogen (secondary N) is 1. The molecule has 2 rings (SSSR count). The van der Waals surface area contributed by atoms with Gasteiger partial charge in [0.05, 0.1) is 12.8 Å². The summed E-state index contributed by atoms with van der Waals surface area (Å²) in [6.07, 6.45) is -4.58. The van der Waals surface area contributed by atoms with Gasteiger partial charge in [-0.3, -0.25) is 4.79 Å². The van der Waals surface area contributed by atoms with E-state index in [1.807, 2.05) is 53.7 Å². The van der Waals surface area contributed by atoms with Gasteiger partial charge in [-0.1, -0.05) is 24.3 Å². The normalized spacial score (nSPS) is 11.1. The first kappa shape index (κ1) is 18.6. The minimum atomic E-state index is -4.86. The van der Waals surface area contributed by atoms with Gasteiger partial charge in [0.15, 0.2) is 0 Å². The van der Waals surface area contributed by atoms with Crippen molar-refractivity contribution >= 4 is 17.3 Å². The summed E-state index contributed by atoms with van der Waals surface area (Å²) >= 11 is 0. The van der Waals surface area contributed by atoms with Crippen LogP contribution in [-0.2, 0) is 11.2 Å². The smallest absolute Gasteiger partial charge is 0.471 e. The first-order chi connectivity index (χ1) is 11.8. The maximum absolute atomic E-state index is 12.2. The lowest BCUT2D eigenvalue weighted by molar-refractivity contribution is -0.173. The molecule has 0 atom stereocenters. The van der Waals surface area contributed by atoms with E-state index in [4.69, 9.17) is 4.74 Å². The van der Waals surface area contributed by atoms with Crippen LogP contribution in [0.4, 0.5) is 24.5 Å². The number of benzene rings is 2. The Balaban J connectivity index is 2.13. The Morgan fingerprint density at radius 1 is 1.16 bits per heavy atom. The SMILES string of the molecule is COc1ccc(CCNC(=O)C(F)(F)F)cc1N(C)c1ccccc1. The van der Waals surface area contributed by atoms with Crippen LogP contribution in [0.2, 0.25) is 0 Å². The van der Waals surface area contributed by atoms with Gasteiger partial charge in [-0.05, 0) is 36.2 Å². The quantitative estimate of drug-likeness (QED) is 0.862. The van der Waals surface area contributed by atoms with E-state index in [9.17, 15) is 18.0 Å². The molecule has 0 spiro atoms. The van der Waals surface area contributed by atoms with E-state index in [-0.39, 0.29) is 13.0 Å². The summed E-state index contributed by atoms with van der Waals surface area (Å²) in [6.45, 7) is -0.0981. The zero-order chi connectivity index (χ0) is 18.4. The van der Waals surface area contributed by atoms with E-state index in [0.717, 1.165) is 16.9 Å². The number of hydrogen-bond acceptors (Lipinski definition) is 3. The zero-order valence-corrected chi connectivity index (χ0v) is 13.9. The van der Waals surface area contributed by atoms with E-state index in [1.54, 1.807) is 19.2 Å². The zero-order valence-electron chi connectivity index (χ0n) is 13.9. The van der Waals surface area contributed by atoms with Gasteiger partial charge in [0.1, 0.15) is 5.75 Å². The van der Waals surface area contributed by atoms with Crippen molar-refractivity contribution in [3.63, 3.8) is 0 Å². The second kappa shape index (κ2) is 7.92. The number of methoxy groups -OCH3 is 1. The minimum Gasteiger partial charge on any atom is -0.495 e. The van der Waals surface area contributed by atoms with Crippen LogP contribution in [-0.4, -0.2) is 32.8 Å². The summed E-state index contributed by atoms with van der Waals surface area (Å²) in [5.41, 5.74) is 2.53. The van der Waals surface area contributed by atoms with E-state index < -0.39 is 12.1 Å². The third kappa shape index (κ3) is 4.89. The predicted octanol–water partition coefficient (Wildman–Crippen LogP) is 3.68. The van der Waals surface area contributed by atoms with Gasteiger partial charge in [-0.15, -0.1) is 0 Å². The van der Waals surface area contributed by atoms with Crippen molar-refractivity contribution in [2.45, 2.75) is 12.6 Å². The predicted molar refractivity (Wildman–Crippen MR) is 90.3 cm³/mol. The molecular formula is C18H19F3N2O2. The van der Waals surface area contributed by atoms with Crippen molar-refractivity contribution in [1.82, 2.24) is 5.32 Å². The van der Waals surface area contributed by atoms with Gasteiger partial charge in [0, 0.05) is 19.3 Å². The molecule has 0 saturated heterocycles. The highest BCUT2D eigenvalue weighted by atomic mass is 19.4. The van der Waals surface area contributed by atoms with Crippen molar-refractivity contribution in [3.8, 4) is 5.75 Å². The van der Waals surface area contributed by atoms with E-state index in [1.165, 1.54) is 0 Å². The number of alkyl halides is 3. The number of rotatable bonds is 6. The first-order valence-corrected chi connectivity index (χ1v) is 7.63. The Hall–Kier alpha value is -2.70. The lowest BCUT2D eigenvalue weighted by Gasteiger charge is -2.22. The number of para-hydroxylation sites is 1. The highest BCUT2D eigenvalue weighted by Gasteiger charge is 2.38. The Morgan fingerprint density at radius 2 is 1.84 bits per heavy atom. The Labute approximate surface area is 144 Å². The fourth-order valence-electron chi connectivity index (χ4n) is 2.36. The fourth-order valence-corrected chi connectivity index (χ4v) is 2.36. The largest absolute Gasteiger partial charge is 0.495 e. The van der Waals surface area contributed by atoms with Crippen LogP contribution < -0.4 is 15.0 Å². The van der Waals surface area contributed by atoms with Crippen LogP contribution in [0.5, 0.6) is 5.75 Å². The number of amides is 1. The summed E-state index contributed by atoms with van der Waals surface area (Å²) in [7, 11) is 3.43. The van der Waals surface area contributed by atoms with Gasteiger partial charge in [-0.25, -0.2) is 0 Å².